The summed E-state index contributed by atoms with van der Waals surface area (Å²) < 4.78 is 0. The highest BCUT2D eigenvalue weighted by Crippen LogP contribution is 2.13. The van der Waals surface area contributed by atoms with Gasteiger partial charge in [0, 0.05) is 24.3 Å². The molecule has 0 aromatic carbocycles. The van der Waals surface area contributed by atoms with Gasteiger partial charge in [-0.1, -0.05) is 12.1 Å². The molecule has 0 aliphatic rings. The maximum Gasteiger partial charge on any atom is 0.303 e. The number of hydrogen-bond donors (Lipinski definition) is 1. The van der Waals surface area contributed by atoms with E-state index in [1.54, 1.807) is 22.3 Å². The zero-order chi connectivity index (χ0) is 14.1. The Balaban J connectivity index is 2.39. The van der Waals surface area contributed by atoms with Crippen molar-refractivity contribution in [2.24, 2.45) is 0 Å². The van der Waals surface area contributed by atoms with Crippen molar-refractivity contribution < 1.29 is 14.7 Å². The number of rotatable bonds is 9. The lowest BCUT2D eigenvalue weighted by molar-refractivity contribution is -0.137. The maximum atomic E-state index is 12.0. The summed E-state index contributed by atoms with van der Waals surface area (Å²) in [5, 5.41) is 10.5. The lowest BCUT2D eigenvalue weighted by Crippen LogP contribution is -2.30. The number of amides is 1. The van der Waals surface area contributed by atoms with Gasteiger partial charge in [-0.15, -0.1) is 17.9 Å². The molecule has 4 nitrogen and oxygen atoms in total. The van der Waals surface area contributed by atoms with Crippen LogP contribution in [-0.2, 0) is 16.1 Å². The number of nitrogens with zero attached hydrogens (tertiary/aromatic N) is 1. The van der Waals surface area contributed by atoms with Gasteiger partial charge in [0.25, 0.3) is 0 Å². The molecule has 0 atom stereocenters. The summed E-state index contributed by atoms with van der Waals surface area (Å²) in [4.78, 5) is 25.3. The number of thiophene rings is 1. The molecule has 0 spiro atoms. The van der Waals surface area contributed by atoms with E-state index in [4.69, 9.17) is 5.11 Å². The Morgan fingerprint density at radius 3 is 2.68 bits per heavy atom. The number of hydrogen-bond acceptors (Lipinski definition) is 3. The van der Waals surface area contributed by atoms with Gasteiger partial charge in [-0.25, -0.2) is 0 Å². The minimum atomic E-state index is -0.811. The summed E-state index contributed by atoms with van der Waals surface area (Å²) >= 11 is 1.62. The van der Waals surface area contributed by atoms with Crippen LogP contribution < -0.4 is 0 Å². The molecule has 5 heteroatoms. The second-order valence-corrected chi connectivity index (χ2v) is 5.28. The smallest absolute Gasteiger partial charge is 0.303 e. The van der Waals surface area contributed by atoms with Crippen LogP contribution in [0.4, 0.5) is 0 Å². The summed E-state index contributed by atoms with van der Waals surface area (Å²) in [6.45, 7) is 4.79. The van der Waals surface area contributed by atoms with Crippen LogP contribution in [0.15, 0.2) is 30.2 Å². The van der Waals surface area contributed by atoms with Gasteiger partial charge in [0.2, 0.25) is 5.91 Å². The lowest BCUT2D eigenvalue weighted by Gasteiger charge is -2.20. The van der Waals surface area contributed by atoms with E-state index in [1.807, 2.05) is 17.5 Å². The second-order valence-electron chi connectivity index (χ2n) is 4.24. The quantitative estimate of drug-likeness (QED) is 0.559. The fraction of sp³-hybridized carbons (Fsp3) is 0.429. The van der Waals surface area contributed by atoms with Gasteiger partial charge in [0.1, 0.15) is 0 Å². The first-order valence-electron chi connectivity index (χ1n) is 6.26. The molecule has 0 aliphatic carbocycles. The van der Waals surface area contributed by atoms with Gasteiger partial charge in [-0.2, -0.15) is 0 Å². The molecule has 1 amide bonds. The van der Waals surface area contributed by atoms with Crippen LogP contribution in [0.2, 0.25) is 0 Å². The molecule has 0 aliphatic heterocycles. The van der Waals surface area contributed by atoms with Crippen molar-refractivity contribution >= 4 is 23.2 Å². The van der Waals surface area contributed by atoms with Crippen LogP contribution in [0.5, 0.6) is 0 Å². The predicted octanol–water partition coefficient (Wildman–Crippen LogP) is 2.91. The maximum absolute atomic E-state index is 12.0. The molecular weight excluding hydrogens is 262 g/mol. The van der Waals surface area contributed by atoms with Crippen LogP contribution in [-0.4, -0.2) is 28.4 Å². The Hall–Kier alpha value is -1.62. The number of carboxylic acids is 1. The summed E-state index contributed by atoms with van der Waals surface area (Å²) in [5.74, 6) is -0.757. The van der Waals surface area contributed by atoms with E-state index in [2.05, 4.69) is 6.58 Å². The first-order valence-corrected chi connectivity index (χ1v) is 7.14. The fourth-order valence-corrected chi connectivity index (χ4v) is 2.43. The lowest BCUT2D eigenvalue weighted by atomic mass is 10.2. The van der Waals surface area contributed by atoms with Crippen molar-refractivity contribution in [3.8, 4) is 0 Å². The zero-order valence-corrected chi connectivity index (χ0v) is 11.7. The Morgan fingerprint density at radius 1 is 1.37 bits per heavy atom. The highest BCUT2D eigenvalue weighted by molar-refractivity contribution is 7.09. The van der Waals surface area contributed by atoms with E-state index in [1.165, 1.54) is 0 Å². The van der Waals surface area contributed by atoms with Crippen LogP contribution in [0.3, 0.4) is 0 Å². The monoisotopic (exact) mass is 281 g/mol. The molecular formula is C14H19NO3S. The van der Waals surface area contributed by atoms with E-state index in [0.717, 1.165) is 4.88 Å². The van der Waals surface area contributed by atoms with Gasteiger partial charge >= 0.3 is 5.97 Å². The van der Waals surface area contributed by atoms with E-state index in [9.17, 15) is 9.59 Å². The standard InChI is InChI=1S/C14H19NO3S/c1-2-9-15(11-12-6-5-10-19-12)13(16)7-3-4-8-14(17)18/h2,5-6,10H,1,3-4,7-9,11H2,(H,17,18). The summed E-state index contributed by atoms with van der Waals surface area (Å²) in [7, 11) is 0. The molecule has 0 saturated heterocycles. The topological polar surface area (TPSA) is 57.6 Å². The van der Waals surface area contributed by atoms with Gasteiger partial charge in [0.05, 0.1) is 6.54 Å². The van der Waals surface area contributed by atoms with Crippen LogP contribution in [0.25, 0.3) is 0 Å². The average molecular weight is 281 g/mol. The first-order chi connectivity index (χ1) is 9.13. The second kappa shape index (κ2) is 8.48. The SMILES string of the molecule is C=CCN(Cc1cccs1)C(=O)CCCCC(=O)O. The number of unbranched alkanes of at least 4 members (excludes halogenated alkanes) is 1. The van der Waals surface area contributed by atoms with Gasteiger partial charge < -0.3 is 10.0 Å². The largest absolute Gasteiger partial charge is 0.481 e. The highest BCUT2D eigenvalue weighted by Gasteiger charge is 2.13. The molecule has 19 heavy (non-hydrogen) atoms. The Labute approximate surface area is 117 Å². The van der Waals surface area contributed by atoms with Crippen molar-refractivity contribution in [2.75, 3.05) is 6.54 Å². The van der Waals surface area contributed by atoms with E-state index in [0.29, 0.717) is 32.4 Å². The van der Waals surface area contributed by atoms with E-state index in [-0.39, 0.29) is 12.3 Å². The Kier molecular flexibility index (Phi) is 6.89. The molecule has 0 bridgehead atoms. The zero-order valence-electron chi connectivity index (χ0n) is 10.9. The molecule has 0 saturated carbocycles. The van der Waals surface area contributed by atoms with Crippen molar-refractivity contribution in [1.29, 1.82) is 0 Å². The molecule has 104 valence electrons. The molecule has 0 unspecified atom stereocenters. The fourth-order valence-electron chi connectivity index (χ4n) is 1.71. The molecule has 1 aromatic heterocycles. The minimum absolute atomic E-state index is 0.0543. The molecule has 1 rings (SSSR count). The molecule has 0 fully saturated rings. The highest BCUT2D eigenvalue weighted by atomic mass is 32.1. The third kappa shape index (κ3) is 6.20. The third-order valence-corrected chi connectivity index (χ3v) is 3.52. The summed E-state index contributed by atoms with van der Waals surface area (Å²) in [6.07, 6.45) is 3.39. The number of carbonyl (C=O) groups is 2. The van der Waals surface area contributed by atoms with Crippen molar-refractivity contribution in [1.82, 2.24) is 4.90 Å². The third-order valence-electron chi connectivity index (χ3n) is 2.66. The van der Waals surface area contributed by atoms with Crippen LogP contribution >= 0.6 is 11.3 Å². The number of aliphatic carboxylic acids is 1. The summed E-state index contributed by atoms with van der Waals surface area (Å²) in [5.41, 5.74) is 0. The summed E-state index contributed by atoms with van der Waals surface area (Å²) in [6, 6.07) is 3.96. The molecule has 1 heterocycles. The van der Waals surface area contributed by atoms with Crippen LogP contribution in [0, 0.1) is 0 Å². The molecule has 0 radical (unpaired) electrons. The van der Waals surface area contributed by atoms with E-state index >= 15 is 0 Å². The molecule has 1 N–H and O–H groups in total. The normalized spacial score (nSPS) is 10.1. The van der Waals surface area contributed by atoms with Crippen molar-refractivity contribution in [2.45, 2.75) is 32.2 Å². The minimum Gasteiger partial charge on any atom is -0.481 e. The van der Waals surface area contributed by atoms with E-state index < -0.39 is 5.97 Å². The Morgan fingerprint density at radius 2 is 2.11 bits per heavy atom. The first kappa shape index (κ1) is 15.4. The van der Waals surface area contributed by atoms with Crippen LogP contribution in [0.1, 0.15) is 30.6 Å². The van der Waals surface area contributed by atoms with Crippen molar-refractivity contribution in [3.05, 3.63) is 35.0 Å². The van der Waals surface area contributed by atoms with Gasteiger partial charge in [-0.05, 0) is 24.3 Å². The predicted molar refractivity (Wildman–Crippen MR) is 76.0 cm³/mol. The number of carboxylic acid groups (broad SMARTS) is 1. The molecule has 1 aromatic rings. The van der Waals surface area contributed by atoms with Gasteiger partial charge in [0.15, 0.2) is 0 Å². The van der Waals surface area contributed by atoms with Crippen molar-refractivity contribution in [3.63, 3.8) is 0 Å². The Bertz CT molecular complexity index is 414. The van der Waals surface area contributed by atoms with Gasteiger partial charge in [-0.3, -0.25) is 9.59 Å². The average Bonchev–Trinajstić information content (AvgIpc) is 2.86. The number of carbonyl (C=O) groups excluding carboxylic acids is 1.